The number of fused-ring (bicyclic) bond motifs is 1. The average molecular weight is 284 g/mol. The summed E-state index contributed by atoms with van der Waals surface area (Å²) in [5, 5.41) is 1.79. The highest BCUT2D eigenvalue weighted by Gasteiger charge is 2.09. The highest BCUT2D eigenvalue weighted by atomic mass is 35.5. The van der Waals surface area contributed by atoms with E-state index in [0.717, 1.165) is 11.1 Å². The first-order chi connectivity index (χ1) is 9.60. The molecule has 0 aliphatic rings. The van der Waals surface area contributed by atoms with Crippen molar-refractivity contribution in [2.24, 2.45) is 12.0 Å². The summed E-state index contributed by atoms with van der Waals surface area (Å²) in [5.41, 5.74) is 10.2. The summed E-state index contributed by atoms with van der Waals surface area (Å²) < 4.78 is 2.08. The van der Waals surface area contributed by atoms with E-state index in [9.17, 15) is 0 Å². The zero-order valence-corrected chi connectivity index (χ0v) is 11.9. The SMILES string of the molecule is C=Nc1cc(-c2ccc3c(ccn3C)c2)c(Cl)cc1N. The zero-order valence-electron chi connectivity index (χ0n) is 11.1. The number of aliphatic imine (C=N–C) groups is 1. The molecule has 3 rings (SSSR count). The lowest BCUT2D eigenvalue weighted by molar-refractivity contribution is 0.969. The molecular formula is C16H14ClN3. The fraction of sp³-hybridized carbons (Fsp3) is 0.0625. The number of nitrogens with zero attached hydrogens (tertiary/aromatic N) is 2. The average Bonchev–Trinajstić information content (AvgIpc) is 2.80. The minimum atomic E-state index is 0.537. The molecule has 0 saturated heterocycles. The van der Waals surface area contributed by atoms with Crippen molar-refractivity contribution >= 4 is 40.6 Å². The van der Waals surface area contributed by atoms with Gasteiger partial charge in [-0.05, 0) is 42.6 Å². The monoisotopic (exact) mass is 283 g/mol. The number of aromatic nitrogens is 1. The van der Waals surface area contributed by atoms with Crippen LogP contribution >= 0.6 is 11.6 Å². The van der Waals surface area contributed by atoms with E-state index >= 15 is 0 Å². The van der Waals surface area contributed by atoms with Gasteiger partial charge in [-0.2, -0.15) is 0 Å². The molecule has 20 heavy (non-hydrogen) atoms. The lowest BCUT2D eigenvalue weighted by Crippen LogP contribution is -1.88. The van der Waals surface area contributed by atoms with Gasteiger partial charge in [0, 0.05) is 29.7 Å². The Kier molecular flexibility index (Phi) is 2.99. The number of aryl methyl sites for hydroxylation is 1. The van der Waals surface area contributed by atoms with E-state index in [0.29, 0.717) is 16.4 Å². The van der Waals surface area contributed by atoms with Crippen molar-refractivity contribution in [1.29, 1.82) is 0 Å². The third kappa shape index (κ3) is 1.96. The van der Waals surface area contributed by atoms with E-state index in [1.165, 1.54) is 10.9 Å². The molecule has 4 heteroatoms. The molecule has 3 aromatic rings. The van der Waals surface area contributed by atoms with Crippen LogP contribution in [0.15, 0.2) is 47.6 Å². The molecule has 100 valence electrons. The molecule has 1 heterocycles. The van der Waals surface area contributed by atoms with Crippen LogP contribution in [-0.2, 0) is 7.05 Å². The number of hydrogen-bond acceptors (Lipinski definition) is 2. The normalized spacial score (nSPS) is 10.9. The summed E-state index contributed by atoms with van der Waals surface area (Å²) in [5.74, 6) is 0. The van der Waals surface area contributed by atoms with E-state index in [4.69, 9.17) is 17.3 Å². The maximum Gasteiger partial charge on any atom is 0.0858 e. The molecule has 2 N–H and O–H groups in total. The summed E-state index contributed by atoms with van der Waals surface area (Å²) in [4.78, 5) is 3.93. The number of nitrogens with two attached hydrogens (primary N) is 1. The molecule has 0 unspecified atom stereocenters. The third-order valence-corrected chi connectivity index (χ3v) is 3.80. The van der Waals surface area contributed by atoms with Gasteiger partial charge in [-0.1, -0.05) is 17.7 Å². The first-order valence-corrected chi connectivity index (χ1v) is 6.59. The fourth-order valence-corrected chi connectivity index (χ4v) is 2.67. The molecule has 0 atom stereocenters. The Balaban J connectivity index is 2.22. The van der Waals surface area contributed by atoms with E-state index in [-0.39, 0.29) is 0 Å². The summed E-state index contributed by atoms with van der Waals surface area (Å²) in [6.45, 7) is 3.53. The van der Waals surface area contributed by atoms with Gasteiger partial charge in [0.25, 0.3) is 0 Å². The van der Waals surface area contributed by atoms with Crippen molar-refractivity contribution < 1.29 is 0 Å². The van der Waals surface area contributed by atoms with Crippen LogP contribution in [0.1, 0.15) is 0 Å². The van der Waals surface area contributed by atoms with Gasteiger partial charge >= 0.3 is 0 Å². The number of nitrogen functional groups attached to an aromatic ring is 1. The topological polar surface area (TPSA) is 43.3 Å². The van der Waals surface area contributed by atoms with Gasteiger partial charge in [0.1, 0.15) is 0 Å². The smallest absolute Gasteiger partial charge is 0.0858 e. The second-order valence-electron chi connectivity index (χ2n) is 4.75. The van der Waals surface area contributed by atoms with E-state index in [2.05, 4.69) is 34.5 Å². The fourth-order valence-electron chi connectivity index (χ4n) is 2.38. The van der Waals surface area contributed by atoms with Crippen LogP contribution in [0.3, 0.4) is 0 Å². The number of halogens is 1. The van der Waals surface area contributed by atoms with Gasteiger partial charge in [0.15, 0.2) is 0 Å². The van der Waals surface area contributed by atoms with Crippen molar-refractivity contribution in [3.05, 3.63) is 47.6 Å². The quantitative estimate of drug-likeness (QED) is 0.549. The maximum atomic E-state index is 6.30. The summed E-state index contributed by atoms with van der Waals surface area (Å²) in [6, 6.07) is 11.9. The molecule has 3 nitrogen and oxygen atoms in total. The molecule has 0 spiro atoms. The lowest BCUT2D eigenvalue weighted by atomic mass is 10.0. The first kappa shape index (κ1) is 12.8. The number of hydrogen-bond donors (Lipinski definition) is 1. The molecule has 1 aromatic heterocycles. The molecule has 0 aliphatic carbocycles. The van der Waals surface area contributed by atoms with Crippen molar-refractivity contribution in [1.82, 2.24) is 4.57 Å². The Hall–Kier alpha value is -2.26. The lowest BCUT2D eigenvalue weighted by Gasteiger charge is -2.09. The standard InChI is InChI=1S/C16H14ClN3/c1-19-15-8-12(13(17)9-14(15)18)10-3-4-16-11(7-10)5-6-20(16)2/h3-9H,1,18H2,2H3. The Bertz CT molecular complexity index is 818. The first-order valence-electron chi connectivity index (χ1n) is 6.21. The Labute approximate surface area is 122 Å². The molecule has 2 aromatic carbocycles. The Morgan fingerprint density at radius 1 is 1.20 bits per heavy atom. The molecule has 0 saturated carbocycles. The summed E-state index contributed by atoms with van der Waals surface area (Å²) in [6.07, 6.45) is 2.04. The molecule has 0 fully saturated rings. The predicted octanol–water partition coefficient (Wildman–Crippen LogP) is 4.41. The van der Waals surface area contributed by atoms with Gasteiger partial charge < -0.3 is 10.3 Å². The van der Waals surface area contributed by atoms with Gasteiger partial charge in [0.05, 0.1) is 16.4 Å². The second-order valence-corrected chi connectivity index (χ2v) is 5.16. The van der Waals surface area contributed by atoms with Crippen LogP contribution in [0.25, 0.3) is 22.0 Å². The summed E-state index contributed by atoms with van der Waals surface area (Å²) in [7, 11) is 2.03. The van der Waals surface area contributed by atoms with Gasteiger partial charge in [-0.15, -0.1) is 0 Å². The highest BCUT2D eigenvalue weighted by molar-refractivity contribution is 6.34. The predicted molar refractivity (Wildman–Crippen MR) is 87.0 cm³/mol. The van der Waals surface area contributed by atoms with Crippen molar-refractivity contribution in [2.75, 3.05) is 5.73 Å². The van der Waals surface area contributed by atoms with Gasteiger partial charge in [0.2, 0.25) is 0 Å². The Morgan fingerprint density at radius 2 is 2.00 bits per heavy atom. The van der Waals surface area contributed by atoms with Crippen LogP contribution in [-0.4, -0.2) is 11.3 Å². The summed E-state index contributed by atoms with van der Waals surface area (Å²) >= 11 is 6.30. The van der Waals surface area contributed by atoms with Gasteiger partial charge in [-0.3, -0.25) is 4.99 Å². The minimum Gasteiger partial charge on any atom is -0.397 e. The van der Waals surface area contributed by atoms with Crippen molar-refractivity contribution in [2.45, 2.75) is 0 Å². The van der Waals surface area contributed by atoms with Crippen molar-refractivity contribution in [3.8, 4) is 11.1 Å². The molecule has 0 bridgehead atoms. The number of anilines is 1. The molecule has 0 aliphatic heterocycles. The largest absolute Gasteiger partial charge is 0.397 e. The second kappa shape index (κ2) is 4.69. The maximum absolute atomic E-state index is 6.30. The number of rotatable bonds is 2. The van der Waals surface area contributed by atoms with E-state index < -0.39 is 0 Å². The van der Waals surface area contributed by atoms with Gasteiger partial charge in [-0.25, -0.2) is 0 Å². The number of benzene rings is 2. The van der Waals surface area contributed by atoms with E-state index in [1.54, 1.807) is 6.07 Å². The van der Waals surface area contributed by atoms with Crippen LogP contribution in [0.4, 0.5) is 11.4 Å². The Morgan fingerprint density at radius 3 is 2.75 bits per heavy atom. The van der Waals surface area contributed by atoms with Crippen LogP contribution in [0.2, 0.25) is 5.02 Å². The highest BCUT2D eigenvalue weighted by Crippen LogP contribution is 2.36. The van der Waals surface area contributed by atoms with Crippen LogP contribution < -0.4 is 5.73 Å². The molecule has 0 radical (unpaired) electrons. The third-order valence-electron chi connectivity index (χ3n) is 3.48. The zero-order chi connectivity index (χ0) is 14.3. The van der Waals surface area contributed by atoms with Crippen molar-refractivity contribution in [3.63, 3.8) is 0 Å². The minimum absolute atomic E-state index is 0.537. The van der Waals surface area contributed by atoms with Crippen LogP contribution in [0, 0.1) is 0 Å². The van der Waals surface area contributed by atoms with Crippen LogP contribution in [0.5, 0.6) is 0 Å². The molecular weight excluding hydrogens is 270 g/mol. The van der Waals surface area contributed by atoms with E-state index in [1.807, 2.05) is 25.4 Å². The molecule has 0 amide bonds.